The van der Waals surface area contributed by atoms with E-state index in [-0.39, 0.29) is 6.10 Å². The lowest BCUT2D eigenvalue weighted by Crippen LogP contribution is -2.46. The topological polar surface area (TPSA) is 96.9 Å². The van der Waals surface area contributed by atoms with Crippen LogP contribution in [0.15, 0.2) is 0 Å². The first kappa shape index (κ1) is 17.7. The van der Waals surface area contributed by atoms with Crippen molar-refractivity contribution in [2.24, 2.45) is 0 Å². The van der Waals surface area contributed by atoms with Crippen molar-refractivity contribution in [2.45, 2.75) is 38.8 Å². The Hall–Kier alpha value is -1.34. The van der Waals surface area contributed by atoms with Crippen molar-refractivity contribution in [3.63, 3.8) is 0 Å². The van der Waals surface area contributed by atoms with Crippen molar-refractivity contribution >= 4 is 12.0 Å². The number of nitrogens with one attached hydrogen (secondary N) is 2. The Bertz CT molecular complexity index is 271. The second-order valence-electron chi connectivity index (χ2n) is 4.35. The molecular formula is C12H24N2O5. The highest BCUT2D eigenvalue weighted by atomic mass is 16.5. The molecule has 0 bridgehead atoms. The quantitative estimate of drug-likeness (QED) is 0.507. The smallest absolute Gasteiger partial charge is 0.326 e. The molecule has 1 atom stereocenters. The van der Waals surface area contributed by atoms with Gasteiger partial charge in [-0.05, 0) is 26.7 Å². The maximum Gasteiger partial charge on any atom is 0.326 e. The molecule has 3 N–H and O–H groups in total. The molecule has 0 heterocycles. The number of carboxylic acid groups (broad SMARTS) is 1. The van der Waals surface area contributed by atoms with Crippen LogP contribution < -0.4 is 10.6 Å². The maximum absolute atomic E-state index is 11.5. The standard InChI is InChI=1S/C12H24N2O5/c1-9(2)19-8-6-13-12(17)14-10(11(15)16)5-4-7-18-3/h9-10H,4-8H2,1-3H3,(H,15,16)(H2,13,14,17). The van der Waals surface area contributed by atoms with Gasteiger partial charge in [0.15, 0.2) is 0 Å². The van der Waals surface area contributed by atoms with E-state index in [9.17, 15) is 9.59 Å². The van der Waals surface area contributed by atoms with E-state index in [1.807, 2.05) is 13.8 Å². The van der Waals surface area contributed by atoms with E-state index in [1.165, 1.54) is 0 Å². The average Bonchev–Trinajstić information content (AvgIpc) is 2.33. The molecule has 112 valence electrons. The minimum Gasteiger partial charge on any atom is -0.480 e. The Morgan fingerprint density at radius 2 is 1.95 bits per heavy atom. The van der Waals surface area contributed by atoms with Gasteiger partial charge in [-0.2, -0.15) is 0 Å². The zero-order chi connectivity index (χ0) is 14.7. The van der Waals surface area contributed by atoms with Crippen LogP contribution in [0.3, 0.4) is 0 Å². The number of carbonyl (C=O) groups excluding carboxylic acids is 1. The van der Waals surface area contributed by atoms with E-state index in [4.69, 9.17) is 14.6 Å². The van der Waals surface area contributed by atoms with Gasteiger partial charge >= 0.3 is 12.0 Å². The van der Waals surface area contributed by atoms with Gasteiger partial charge in [0.1, 0.15) is 6.04 Å². The molecule has 1 unspecified atom stereocenters. The summed E-state index contributed by atoms with van der Waals surface area (Å²) in [6.45, 7) is 5.00. The number of methoxy groups -OCH3 is 1. The van der Waals surface area contributed by atoms with Gasteiger partial charge in [-0.1, -0.05) is 0 Å². The lowest BCUT2D eigenvalue weighted by Gasteiger charge is -2.15. The summed E-state index contributed by atoms with van der Waals surface area (Å²) >= 11 is 0. The van der Waals surface area contributed by atoms with E-state index in [0.29, 0.717) is 32.6 Å². The van der Waals surface area contributed by atoms with E-state index >= 15 is 0 Å². The molecule has 0 aliphatic rings. The van der Waals surface area contributed by atoms with Gasteiger partial charge in [0, 0.05) is 20.3 Å². The van der Waals surface area contributed by atoms with Crippen LogP contribution in [0.4, 0.5) is 4.79 Å². The summed E-state index contributed by atoms with van der Waals surface area (Å²) in [5, 5.41) is 13.9. The van der Waals surface area contributed by atoms with Gasteiger partial charge in [0.2, 0.25) is 0 Å². The zero-order valence-electron chi connectivity index (χ0n) is 11.8. The Kier molecular flexibility index (Phi) is 9.82. The molecule has 0 aromatic rings. The molecule has 0 aliphatic heterocycles. The molecule has 7 heteroatoms. The fourth-order valence-corrected chi connectivity index (χ4v) is 1.36. The lowest BCUT2D eigenvalue weighted by atomic mass is 10.1. The number of amides is 2. The van der Waals surface area contributed by atoms with E-state index < -0.39 is 18.0 Å². The molecule has 2 amide bonds. The first-order valence-electron chi connectivity index (χ1n) is 6.35. The monoisotopic (exact) mass is 276 g/mol. The highest BCUT2D eigenvalue weighted by Crippen LogP contribution is 1.98. The third kappa shape index (κ3) is 10.3. The van der Waals surface area contributed by atoms with Crippen LogP contribution in [0.25, 0.3) is 0 Å². The first-order valence-corrected chi connectivity index (χ1v) is 6.35. The maximum atomic E-state index is 11.5. The number of hydrogen-bond acceptors (Lipinski definition) is 4. The molecule has 0 aromatic heterocycles. The molecule has 0 saturated heterocycles. The van der Waals surface area contributed by atoms with Crippen molar-refractivity contribution in [3.8, 4) is 0 Å². The fraction of sp³-hybridized carbons (Fsp3) is 0.833. The summed E-state index contributed by atoms with van der Waals surface area (Å²) in [5.74, 6) is -1.05. The Morgan fingerprint density at radius 3 is 2.47 bits per heavy atom. The van der Waals surface area contributed by atoms with Crippen molar-refractivity contribution in [1.82, 2.24) is 10.6 Å². The Labute approximate surface area is 113 Å². The highest BCUT2D eigenvalue weighted by molar-refractivity contribution is 5.82. The van der Waals surface area contributed by atoms with Crippen LogP contribution in [0, 0.1) is 0 Å². The van der Waals surface area contributed by atoms with Gasteiger partial charge in [-0.3, -0.25) is 0 Å². The zero-order valence-corrected chi connectivity index (χ0v) is 11.8. The molecule has 0 rings (SSSR count). The van der Waals surface area contributed by atoms with Crippen LogP contribution in [0.2, 0.25) is 0 Å². The van der Waals surface area contributed by atoms with Gasteiger partial charge in [0.25, 0.3) is 0 Å². The van der Waals surface area contributed by atoms with Crippen molar-refractivity contribution in [1.29, 1.82) is 0 Å². The minimum atomic E-state index is -1.05. The number of carboxylic acids is 1. The molecule has 0 aromatic carbocycles. The first-order chi connectivity index (χ1) is 8.97. The number of ether oxygens (including phenoxy) is 2. The molecule has 19 heavy (non-hydrogen) atoms. The number of urea groups is 1. The summed E-state index contributed by atoms with van der Waals surface area (Å²) in [6.07, 6.45) is 1.01. The van der Waals surface area contributed by atoms with E-state index in [2.05, 4.69) is 10.6 Å². The number of carbonyl (C=O) groups is 2. The van der Waals surface area contributed by atoms with Gasteiger partial charge in [0.05, 0.1) is 12.7 Å². The summed E-state index contributed by atoms with van der Waals surface area (Å²) in [6, 6.07) is -1.40. The normalized spacial score (nSPS) is 12.2. The molecule has 0 fully saturated rings. The second-order valence-corrected chi connectivity index (χ2v) is 4.35. The third-order valence-corrected chi connectivity index (χ3v) is 2.28. The summed E-state index contributed by atoms with van der Waals surface area (Å²) in [5.41, 5.74) is 0. The predicted octanol–water partition coefficient (Wildman–Crippen LogP) is 0.590. The SMILES string of the molecule is COCCCC(NC(=O)NCCOC(C)C)C(=O)O. The summed E-state index contributed by atoms with van der Waals surface area (Å²) < 4.78 is 10.1. The Balaban J connectivity index is 3.86. The van der Waals surface area contributed by atoms with E-state index in [0.717, 1.165) is 0 Å². The van der Waals surface area contributed by atoms with Crippen molar-refractivity contribution in [3.05, 3.63) is 0 Å². The van der Waals surface area contributed by atoms with Crippen LogP contribution in [0.1, 0.15) is 26.7 Å². The van der Waals surface area contributed by atoms with Crippen molar-refractivity contribution in [2.75, 3.05) is 26.9 Å². The molecule has 0 aliphatic carbocycles. The number of hydrogen-bond donors (Lipinski definition) is 3. The van der Waals surface area contributed by atoms with Crippen LogP contribution in [-0.4, -0.2) is 56.1 Å². The van der Waals surface area contributed by atoms with Gasteiger partial charge in [-0.25, -0.2) is 9.59 Å². The molecule has 0 spiro atoms. The fourth-order valence-electron chi connectivity index (χ4n) is 1.36. The second kappa shape index (κ2) is 10.6. The van der Waals surface area contributed by atoms with Crippen LogP contribution in [-0.2, 0) is 14.3 Å². The molecular weight excluding hydrogens is 252 g/mol. The van der Waals surface area contributed by atoms with Crippen molar-refractivity contribution < 1.29 is 24.2 Å². The largest absolute Gasteiger partial charge is 0.480 e. The molecule has 0 saturated carbocycles. The molecule has 7 nitrogen and oxygen atoms in total. The van der Waals surface area contributed by atoms with Gasteiger partial charge < -0.3 is 25.2 Å². The van der Waals surface area contributed by atoms with E-state index in [1.54, 1.807) is 7.11 Å². The number of rotatable bonds is 10. The summed E-state index contributed by atoms with van der Waals surface area (Å²) in [4.78, 5) is 22.4. The number of aliphatic carboxylic acids is 1. The lowest BCUT2D eigenvalue weighted by molar-refractivity contribution is -0.139. The highest BCUT2D eigenvalue weighted by Gasteiger charge is 2.18. The summed E-state index contributed by atoms with van der Waals surface area (Å²) in [7, 11) is 1.55. The van der Waals surface area contributed by atoms with Gasteiger partial charge in [-0.15, -0.1) is 0 Å². The average molecular weight is 276 g/mol. The van der Waals surface area contributed by atoms with Crippen LogP contribution in [0.5, 0.6) is 0 Å². The Morgan fingerprint density at radius 1 is 1.26 bits per heavy atom. The predicted molar refractivity (Wildman–Crippen MR) is 70.2 cm³/mol. The third-order valence-electron chi connectivity index (χ3n) is 2.28. The molecule has 0 radical (unpaired) electrons. The van der Waals surface area contributed by atoms with Crippen LogP contribution >= 0.6 is 0 Å². The minimum absolute atomic E-state index is 0.102.